The van der Waals surface area contributed by atoms with Crippen LogP contribution in [0.25, 0.3) is 11.0 Å². The van der Waals surface area contributed by atoms with E-state index in [9.17, 15) is 4.79 Å². The summed E-state index contributed by atoms with van der Waals surface area (Å²) in [6.07, 6.45) is -0.377. The second kappa shape index (κ2) is 6.67. The molecule has 0 fully saturated rings. The van der Waals surface area contributed by atoms with Crippen LogP contribution in [-0.2, 0) is 9.63 Å². The molecule has 3 aromatic rings. The number of nitrogens with zero attached hydrogens (tertiary/aromatic N) is 1. The number of carbonyl (C=O) groups is 1. The van der Waals surface area contributed by atoms with Crippen LogP contribution in [0.3, 0.4) is 0 Å². The number of aryl methyl sites for hydroxylation is 1. The Kier molecular flexibility index (Phi) is 4.34. The first-order valence-electron chi connectivity index (χ1n) is 7.99. The quantitative estimate of drug-likeness (QED) is 0.671. The first-order chi connectivity index (χ1) is 12.5. The van der Waals surface area contributed by atoms with Crippen LogP contribution < -0.4 is 5.32 Å². The minimum absolute atomic E-state index is 0.300. The largest absolute Gasteiger partial charge is 0.460 e. The molecular weight excluding hydrogens is 375 g/mol. The predicted molar refractivity (Wildman–Crippen MR) is 102 cm³/mol. The molecule has 132 valence electrons. The number of halogens is 2. The molecule has 2 aromatic carbocycles. The van der Waals surface area contributed by atoms with Gasteiger partial charge in [-0.1, -0.05) is 46.6 Å². The molecule has 0 radical (unpaired) electrons. The third-order valence-electron chi connectivity index (χ3n) is 4.11. The third kappa shape index (κ3) is 3.16. The Morgan fingerprint density at radius 3 is 2.81 bits per heavy atom. The van der Waals surface area contributed by atoms with Gasteiger partial charge in [0.2, 0.25) is 6.10 Å². The molecule has 1 aromatic heterocycles. The first kappa shape index (κ1) is 16.9. The molecule has 5 nitrogen and oxygen atoms in total. The Balaban J connectivity index is 1.49. The maximum Gasteiger partial charge on any atom is 0.268 e. The lowest BCUT2D eigenvalue weighted by molar-refractivity contribution is -0.125. The Hall–Kier alpha value is -2.50. The second-order valence-electron chi connectivity index (χ2n) is 6.04. The fourth-order valence-electron chi connectivity index (χ4n) is 2.91. The average molecular weight is 389 g/mol. The van der Waals surface area contributed by atoms with Crippen LogP contribution in [0.15, 0.2) is 52.0 Å². The molecule has 26 heavy (non-hydrogen) atoms. The van der Waals surface area contributed by atoms with Crippen LogP contribution in [0.4, 0.5) is 5.69 Å². The lowest BCUT2D eigenvalue weighted by Crippen LogP contribution is -2.28. The molecule has 1 aliphatic rings. The summed E-state index contributed by atoms with van der Waals surface area (Å²) in [4.78, 5) is 17.8. The van der Waals surface area contributed by atoms with E-state index in [0.29, 0.717) is 33.4 Å². The molecule has 0 saturated heterocycles. The molecular formula is C19H14Cl2N2O3. The van der Waals surface area contributed by atoms with Crippen LogP contribution in [0.5, 0.6) is 0 Å². The van der Waals surface area contributed by atoms with Gasteiger partial charge in [-0.2, -0.15) is 0 Å². The van der Waals surface area contributed by atoms with Gasteiger partial charge in [0.05, 0.1) is 10.7 Å². The fourth-order valence-corrected chi connectivity index (χ4v) is 3.42. The highest BCUT2D eigenvalue weighted by Gasteiger charge is 2.30. The van der Waals surface area contributed by atoms with Crippen LogP contribution >= 0.6 is 23.2 Å². The van der Waals surface area contributed by atoms with Crippen LogP contribution in [0, 0.1) is 6.92 Å². The van der Waals surface area contributed by atoms with Crippen molar-refractivity contribution < 1.29 is 14.0 Å². The normalized spacial score (nSPS) is 16.4. The lowest BCUT2D eigenvalue weighted by Gasteiger charge is -2.10. The Morgan fingerprint density at radius 2 is 2.00 bits per heavy atom. The van der Waals surface area contributed by atoms with Gasteiger partial charge in [0, 0.05) is 28.1 Å². The highest BCUT2D eigenvalue weighted by atomic mass is 35.5. The molecule has 1 amide bonds. The van der Waals surface area contributed by atoms with E-state index in [1.54, 1.807) is 18.2 Å². The number of hydrogen-bond acceptors (Lipinski definition) is 4. The molecule has 7 heteroatoms. The van der Waals surface area contributed by atoms with Crippen molar-refractivity contribution in [2.24, 2.45) is 5.16 Å². The zero-order chi connectivity index (χ0) is 18.3. The van der Waals surface area contributed by atoms with Gasteiger partial charge < -0.3 is 14.6 Å². The van der Waals surface area contributed by atoms with Crippen LogP contribution in [0.2, 0.25) is 10.0 Å². The zero-order valence-corrected chi connectivity index (χ0v) is 15.3. The summed E-state index contributed by atoms with van der Waals surface area (Å²) >= 11 is 12.4. The average Bonchev–Trinajstić information content (AvgIpc) is 3.22. The van der Waals surface area contributed by atoms with Gasteiger partial charge in [-0.3, -0.25) is 4.79 Å². The van der Waals surface area contributed by atoms with Gasteiger partial charge in [0.15, 0.2) is 5.58 Å². The van der Waals surface area contributed by atoms with E-state index in [-0.39, 0.29) is 5.91 Å². The molecule has 0 unspecified atom stereocenters. The summed E-state index contributed by atoms with van der Waals surface area (Å²) in [6.45, 7) is 1.84. The number of rotatable bonds is 3. The lowest BCUT2D eigenvalue weighted by atomic mass is 10.0. The molecule has 2 heterocycles. The molecule has 0 bridgehead atoms. The Labute approximate surface area is 159 Å². The van der Waals surface area contributed by atoms with Gasteiger partial charge in [0.1, 0.15) is 5.76 Å². The third-order valence-corrected chi connectivity index (χ3v) is 4.72. The van der Waals surface area contributed by atoms with Gasteiger partial charge in [-0.15, -0.1) is 0 Å². The number of oxime groups is 1. The van der Waals surface area contributed by atoms with Crippen molar-refractivity contribution in [3.63, 3.8) is 0 Å². The van der Waals surface area contributed by atoms with Crippen molar-refractivity contribution in [2.45, 2.75) is 19.4 Å². The zero-order valence-electron chi connectivity index (χ0n) is 13.8. The number of carbonyl (C=O) groups excluding carboxylic acids is 1. The van der Waals surface area contributed by atoms with E-state index >= 15 is 0 Å². The highest BCUT2D eigenvalue weighted by Crippen LogP contribution is 2.31. The topological polar surface area (TPSA) is 63.8 Å². The molecule has 1 aliphatic heterocycles. The number of hydrogen-bond donors (Lipinski definition) is 1. The molecule has 1 N–H and O–H groups in total. The van der Waals surface area contributed by atoms with Crippen molar-refractivity contribution >= 4 is 51.5 Å². The number of amides is 1. The maximum absolute atomic E-state index is 12.5. The summed E-state index contributed by atoms with van der Waals surface area (Å²) in [6, 6.07) is 12.6. The van der Waals surface area contributed by atoms with Crippen molar-refractivity contribution in [1.29, 1.82) is 0 Å². The van der Waals surface area contributed by atoms with E-state index in [2.05, 4.69) is 10.5 Å². The predicted octanol–water partition coefficient (Wildman–Crippen LogP) is 5.18. The van der Waals surface area contributed by atoms with Crippen molar-refractivity contribution in [2.75, 3.05) is 5.32 Å². The van der Waals surface area contributed by atoms with Gasteiger partial charge >= 0.3 is 0 Å². The number of fused-ring (bicyclic) bond motifs is 1. The molecule has 0 spiro atoms. The number of furan rings is 1. The van der Waals surface area contributed by atoms with E-state index in [4.69, 9.17) is 32.5 Å². The molecule has 1 atom stereocenters. The van der Waals surface area contributed by atoms with Crippen molar-refractivity contribution in [3.8, 4) is 0 Å². The van der Waals surface area contributed by atoms with Crippen molar-refractivity contribution in [3.05, 3.63) is 63.8 Å². The monoisotopic (exact) mass is 388 g/mol. The number of benzene rings is 2. The number of anilines is 1. The standard InChI is InChI=1S/C19H14Cl2N2O3/c1-10-6-11-7-12(8-15(21)18(11)25-10)22-19(24)17-9-16(23-26-17)13-4-2-3-5-14(13)20/h2-8,17H,9H2,1H3,(H,22,24)/t17-/m1/s1. The fraction of sp³-hybridized carbons (Fsp3) is 0.158. The number of nitrogens with one attached hydrogen (secondary N) is 1. The van der Waals surface area contributed by atoms with Crippen LogP contribution in [0.1, 0.15) is 17.7 Å². The minimum atomic E-state index is -0.721. The minimum Gasteiger partial charge on any atom is -0.460 e. The van der Waals surface area contributed by atoms with Gasteiger partial charge in [-0.25, -0.2) is 0 Å². The summed E-state index contributed by atoms with van der Waals surface area (Å²) in [5, 5.41) is 8.66. The summed E-state index contributed by atoms with van der Waals surface area (Å²) in [5.74, 6) is 0.453. The van der Waals surface area contributed by atoms with Crippen LogP contribution in [-0.4, -0.2) is 17.7 Å². The summed E-state index contributed by atoms with van der Waals surface area (Å²) in [7, 11) is 0. The van der Waals surface area contributed by atoms with E-state index in [1.807, 2.05) is 31.2 Å². The first-order valence-corrected chi connectivity index (χ1v) is 8.75. The van der Waals surface area contributed by atoms with E-state index in [0.717, 1.165) is 16.7 Å². The second-order valence-corrected chi connectivity index (χ2v) is 6.85. The van der Waals surface area contributed by atoms with E-state index in [1.165, 1.54) is 0 Å². The molecule has 4 rings (SSSR count). The molecule has 0 aliphatic carbocycles. The van der Waals surface area contributed by atoms with E-state index < -0.39 is 6.10 Å². The Morgan fingerprint density at radius 1 is 1.19 bits per heavy atom. The molecule has 0 saturated carbocycles. The van der Waals surface area contributed by atoms with Gasteiger partial charge in [0.25, 0.3) is 5.91 Å². The van der Waals surface area contributed by atoms with Crippen molar-refractivity contribution in [1.82, 2.24) is 0 Å². The summed E-state index contributed by atoms with van der Waals surface area (Å²) < 4.78 is 5.53. The highest BCUT2D eigenvalue weighted by molar-refractivity contribution is 6.35. The maximum atomic E-state index is 12.5. The smallest absolute Gasteiger partial charge is 0.268 e. The summed E-state index contributed by atoms with van der Waals surface area (Å²) in [5.41, 5.74) is 2.59. The van der Waals surface area contributed by atoms with Gasteiger partial charge in [-0.05, 0) is 31.2 Å². The Bertz CT molecular complexity index is 1040. The SMILES string of the molecule is Cc1cc2cc(NC(=O)[C@H]3CC(c4ccccc4Cl)=NO3)cc(Cl)c2o1.